The molecular weight excluding hydrogens is 895 g/mol. The van der Waals surface area contributed by atoms with E-state index in [1.807, 2.05) is 48.6 Å². The van der Waals surface area contributed by atoms with Crippen LogP contribution in [-0.4, -0.2) is 99.6 Å². The van der Waals surface area contributed by atoms with Gasteiger partial charge in [-0.2, -0.15) is 0 Å². The van der Waals surface area contributed by atoms with Crippen molar-refractivity contribution < 1.29 is 49.3 Å². The number of carbonyl (C=O) groups is 2. The Bertz CT molecular complexity index is 1430. The predicted octanol–water partition coefficient (Wildman–Crippen LogP) is 12.8. The number of hydrogen-bond donors (Lipinski definition) is 6. The van der Waals surface area contributed by atoms with Crippen LogP contribution in [0.1, 0.15) is 233 Å². The van der Waals surface area contributed by atoms with Crippen LogP contribution >= 0.6 is 0 Å². The van der Waals surface area contributed by atoms with Gasteiger partial charge in [-0.25, -0.2) is 0 Å². The third-order valence-corrected chi connectivity index (χ3v) is 13.2. The van der Waals surface area contributed by atoms with Crippen molar-refractivity contribution in [1.29, 1.82) is 0 Å². The van der Waals surface area contributed by atoms with Gasteiger partial charge in [0.15, 0.2) is 12.4 Å². The van der Waals surface area contributed by atoms with Gasteiger partial charge in [-0.1, -0.05) is 229 Å². The molecule has 0 aromatic heterocycles. The van der Waals surface area contributed by atoms with Crippen LogP contribution in [0.3, 0.4) is 0 Å². The van der Waals surface area contributed by atoms with Crippen LogP contribution in [-0.2, 0) is 23.8 Å². The Balaban J connectivity index is 2.75. The topological polar surface area (TPSA) is 175 Å². The van der Waals surface area contributed by atoms with Crippen LogP contribution < -0.4 is 5.32 Å². The molecule has 0 spiro atoms. The summed E-state index contributed by atoms with van der Waals surface area (Å²) in [6, 6.07) is -1.05. The van der Waals surface area contributed by atoms with Crippen LogP contribution in [0.15, 0.2) is 72.9 Å². The van der Waals surface area contributed by atoms with Gasteiger partial charge in [0.1, 0.15) is 24.4 Å². The highest BCUT2D eigenvalue weighted by molar-refractivity contribution is 5.80. The van der Waals surface area contributed by atoms with Crippen LogP contribution in [0.5, 0.6) is 0 Å². The number of nitrogens with one attached hydrogen (secondary N) is 1. The maximum Gasteiger partial charge on any atom is 0.306 e. The SMILES string of the molecule is CC/C=C/C=C/C=C\C=C/CCCCC(O)C(=O)NC(COC1OC(CO)C(O)C(O)C1OC(=O)CCCCCCCCC/C=C/CCCCCCCC)C(O)/C=C/CCCCCCCCCCCCC. The first kappa shape index (κ1) is 66.1. The number of allylic oxidation sites excluding steroid dienone is 11. The first-order valence-electron chi connectivity index (χ1n) is 28.8. The van der Waals surface area contributed by atoms with Crippen molar-refractivity contribution in [2.75, 3.05) is 13.2 Å². The Kier molecular flexibility index (Phi) is 44.8. The van der Waals surface area contributed by atoms with E-state index in [1.54, 1.807) is 6.08 Å². The summed E-state index contributed by atoms with van der Waals surface area (Å²) in [4.78, 5) is 26.4. The summed E-state index contributed by atoms with van der Waals surface area (Å²) in [5.74, 6) is -1.24. The molecule has 1 fully saturated rings. The number of esters is 1. The van der Waals surface area contributed by atoms with Crippen molar-refractivity contribution in [3.05, 3.63) is 72.9 Å². The van der Waals surface area contributed by atoms with E-state index in [0.29, 0.717) is 12.8 Å². The van der Waals surface area contributed by atoms with E-state index in [-0.39, 0.29) is 19.4 Å². The summed E-state index contributed by atoms with van der Waals surface area (Å²) < 4.78 is 17.5. The molecule has 11 heteroatoms. The third kappa shape index (κ3) is 36.6. The zero-order valence-electron chi connectivity index (χ0n) is 45.1. The van der Waals surface area contributed by atoms with E-state index in [0.717, 1.165) is 77.0 Å². The normalized spacial score (nSPS) is 20.1. The maximum atomic E-state index is 13.3. The molecule has 1 heterocycles. The van der Waals surface area contributed by atoms with Gasteiger partial charge >= 0.3 is 5.97 Å². The number of aliphatic hydroxyl groups excluding tert-OH is 5. The minimum atomic E-state index is -1.62. The fourth-order valence-corrected chi connectivity index (χ4v) is 8.60. The molecule has 1 aliphatic heterocycles. The maximum absolute atomic E-state index is 13.3. The molecule has 6 N–H and O–H groups in total. The van der Waals surface area contributed by atoms with Crippen molar-refractivity contribution in [2.24, 2.45) is 0 Å². The molecule has 8 atom stereocenters. The number of aliphatic hydroxyl groups is 5. The molecule has 0 aromatic rings. The standard InChI is InChI=1S/C60H105NO10/c1-4-7-10-13-16-19-22-25-26-27-28-30-33-36-39-42-45-48-55(65)71-58-57(67)56(66)54(49-62)70-60(58)69-50-51(52(63)46-43-40-37-34-32-29-23-20-17-14-11-8-5-2)61-59(68)53(64)47-44-41-38-35-31-24-21-18-15-12-9-6-3/h9,12,15,18,21,24-26,31,35,43,46,51-54,56-58,60,62-64,66-67H,4-8,10-11,13-14,16-17,19-20,22-23,27-30,32-34,36-42,44-45,47-50H2,1-3H3,(H,61,68)/b12-9+,18-15+,24-21-,26-25+,35-31-,46-43+. The zero-order chi connectivity index (χ0) is 51.8. The molecule has 1 rings (SSSR count). The lowest BCUT2D eigenvalue weighted by Crippen LogP contribution is -2.61. The minimum Gasteiger partial charge on any atom is -0.454 e. The lowest BCUT2D eigenvalue weighted by atomic mass is 9.99. The Hall–Kier alpha value is -2.90. The number of carbonyl (C=O) groups excluding carboxylic acids is 2. The van der Waals surface area contributed by atoms with E-state index < -0.39 is 67.4 Å². The molecule has 0 radical (unpaired) electrons. The largest absolute Gasteiger partial charge is 0.454 e. The molecule has 71 heavy (non-hydrogen) atoms. The molecule has 410 valence electrons. The average molecular weight is 1000 g/mol. The van der Waals surface area contributed by atoms with Gasteiger partial charge < -0.3 is 45.1 Å². The van der Waals surface area contributed by atoms with Crippen molar-refractivity contribution in [3.8, 4) is 0 Å². The molecular formula is C60H105NO10. The van der Waals surface area contributed by atoms with E-state index in [1.165, 1.54) is 109 Å². The van der Waals surface area contributed by atoms with Gasteiger partial charge in [-0.3, -0.25) is 9.59 Å². The summed E-state index contributed by atoms with van der Waals surface area (Å²) in [6.07, 6.45) is 49.5. The third-order valence-electron chi connectivity index (χ3n) is 13.2. The van der Waals surface area contributed by atoms with Gasteiger partial charge in [-0.15, -0.1) is 0 Å². The van der Waals surface area contributed by atoms with Gasteiger partial charge in [0.2, 0.25) is 5.91 Å². The summed E-state index contributed by atoms with van der Waals surface area (Å²) >= 11 is 0. The molecule has 1 amide bonds. The fraction of sp³-hybridized carbons (Fsp3) is 0.767. The van der Waals surface area contributed by atoms with Crippen molar-refractivity contribution in [2.45, 2.75) is 282 Å². The summed E-state index contributed by atoms with van der Waals surface area (Å²) in [6.45, 7) is 5.60. The fourth-order valence-electron chi connectivity index (χ4n) is 8.60. The summed E-state index contributed by atoms with van der Waals surface area (Å²) in [5, 5.41) is 56.7. The second-order valence-corrected chi connectivity index (χ2v) is 19.7. The lowest BCUT2D eigenvalue weighted by Gasteiger charge is -2.41. The van der Waals surface area contributed by atoms with E-state index in [4.69, 9.17) is 14.2 Å². The second-order valence-electron chi connectivity index (χ2n) is 19.7. The Labute approximate surface area is 432 Å². The van der Waals surface area contributed by atoms with Gasteiger partial charge in [0.05, 0.1) is 25.4 Å². The van der Waals surface area contributed by atoms with Crippen LogP contribution in [0.4, 0.5) is 0 Å². The smallest absolute Gasteiger partial charge is 0.306 e. The second kappa shape index (κ2) is 48.1. The molecule has 1 saturated heterocycles. The molecule has 0 bridgehead atoms. The predicted molar refractivity (Wildman–Crippen MR) is 292 cm³/mol. The average Bonchev–Trinajstić information content (AvgIpc) is 3.37. The quantitative estimate of drug-likeness (QED) is 0.0149. The Morgan fingerprint density at radius 1 is 0.563 bits per heavy atom. The number of unbranched alkanes of at least 4 members (excludes halogenated alkanes) is 26. The number of ether oxygens (including phenoxy) is 3. The van der Waals surface area contributed by atoms with Gasteiger partial charge in [0.25, 0.3) is 0 Å². The number of hydrogen-bond acceptors (Lipinski definition) is 10. The van der Waals surface area contributed by atoms with Crippen LogP contribution in [0, 0.1) is 0 Å². The van der Waals surface area contributed by atoms with Gasteiger partial charge in [-0.05, 0) is 70.6 Å². The Morgan fingerprint density at radius 2 is 1.03 bits per heavy atom. The highest BCUT2D eigenvalue weighted by Crippen LogP contribution is 2.26. The number of amides is 1. The first-order valence-corrected chi connectivity index (χ1v) is 28.8. The highest BCUT2D eigenvalue weighted by Gasteiger charge is 2.47. The molecule has 0 aliphatic carbocycles. The Morgan fingerprint density at radius 3 is 1.56 bits per heavy atom. The molecule has 0 aromatic carbocycles. The molecule has 8 unspecified atom stereocenters. The molecule has 1 aliphatic rings. The molecule has 0 saturated carbocycles. The summed E-state index contributed by atoms with van der Waals surface area (Å²) in [7, 11) is 0. The van der Waals surface area contributed by atoms with Crippen molar-refractivity contribution in [3.63, 3.8) is 0 Å². The lowest BCUT2D eigenvalue weighted by molar-refractivity contribution is -0.305. The van der Waals surface area contributed by atoms with Gasteiger partial charge in [0, 0.05) is 6.42 Å². The number of rotatable bonds is 47. The van der Waals surface area contributed by atoms with E-state index in [9.17, 15) is 35.1 Å². The monoisotopic (exact) mass is 1000 g/mol. The first-order chi connectivity index (χ1) is 34.7. The highest BCUT2D eigenvalue weighted by atomic mass is 16.7. The van der Waals surface area contributed by atoms with Crippen molar-refractivity contribution >= 4 is 11.9 Å². The minimum absolute atomic E-state index is 0.111. The van der Waals surface area contributed by atoms with Crippen LogP contribution in [0.2, 0.25) is 0 Å². The van der Waals surface area contributed by atoms with E-state index in [2.05, 4.69) is 44.3 Å². The van der Waals surface area contributed by atoms with Crippen molar-refractivity contribution in [1.82, 2.24) is 5.32 Å². The zero-order valence-corrected chi connectivity index (χ0v) is 45.1. The van der Waals surface area contributed by atoms with E-state index >= 15 is 0 Å². The summed E-state index contributed by atoms with van der Waals surface area (Å²) in [5.41, 5.74) is 0. The molecule has 11 nitrogen and oxygen atoms in total. The van der Waals surface area contributed by atoms with Crippen LogP contribution in [0.25, 0.3) is 0 Å².